The van der Waals surface area contributed by atoms with Gasteiger partial charge in [-0.2, -0.15) is 0 Å². The van der Waals surface area contributed by atoms with Gasteiger partial charge in [-0.05, 0) is 50.5 Å². The van der Waals surface area contributed by atoms with Gasteiger partial charge in [0.2, 0.25) is 5.91 Å². The van der Waals surface area contributed by atoms with Crippen LogP contribution in [0.15, 0.2) is 54.6 Å². The number of carbonyl (C=O) groups is 3. The number of nitrogens with zero attached hydrogens (tertiary/aromatic N) is 3. The number of methoxy groups -OCH3 is 1. The Morgan fingerprint density at radius 1 is 0.946 bits per heavy atom. The molecule has 1 aliphatic carbocycles. The number of esters is 1. The maximum atomic E-state index is 13.3. The van der Waals surface area contributed by atoms with Gasteiger partial charge in [0.25, 0.3) is 0 Å². The van der Waals surface area contributed by atoms with Crippen LogP contribution in [0.5, 0.6) is 0 Å². The van der Waals surface area contributed by atoms with Gasteiger partial charge in [-0.15, -0.1) is 0 Å². The molecular formula is C29H37N3O5. The summed E-state index contributed by atoms with van der Waals surface area (Å²) in [7, 11) is 1.37. The van der Waals surface area contributed by atoms with Crippen molar-refractivity contribution in [1.29, 1.82) is 0 Å². The minimum atomic E-state index is -0.629. The van der Waals surface area contributed by atoms with E-state index in [1.54, 1.807) is 17.0 Å². The van der Waals surface area contributed by atoms with E-state index in [0.717, 1.165) is 31.6 Å². The molecule has 0 aromatic heterocycles. The zero-order valence-corrected chi connectivity index (χ0v) is 22.2. The molecule has 1 saturated heterocycles. The minimum absolute atomic E-state index is 0.0257. The lowest BCUT2D eigenvalue weighted by Gasteiger charge is -2.36. The van der Waals surface area contributed by atoms with Crippen LogP contribution in [0, 0.1) is 0 Å². The topological polar surface area (TPSA) is 79.4 Å². The van der Waals surface area contributed by atoms with Gasteiger partial charge in [0, 0.05) is 44.7 Å². The summed E-state index contributed by atoms with van der Waals surface area (Å²) in [5.74, 6) is -0.170. The number of rotatable bonds is 7. The third-order valence-electron chi connectivity index (χ3n) is 6.82. The summed E-state index contributed by atoms with van der Waals surface area (Å²) < 4.78 is 10.4. The fourth-order valence-corrected chi connectivity index (χ4v) is 4.75. The van der Waals surface area contributed by atoms with Crippen molar-refractivity contribution in [2.24, 2.45) is 0 Å². The Labute approximate surface area is 219 Å². The van der Waals surface area contributed by atoms with Gasteiger partial charge in [-0.1, -0.05) is 42.5 Å². The molecule has 198 valence electrons. The van der Waals surface area contributed by atoms with E-state index in [1.807, 2.05) is 56.0 Å². The number of carbonyl (C=O) groups excluding carboxylic acids is 3. The second-order valence-corrected chi connectivity index (χ2v) is 10.8. The average Bonchev–Trinajstić information content (AvgIpc) is 3.67. The molecule has 0 bridgehead atoms. The largest absolute Gasteiger partial charge is 0.465 e. The molecule has 37 heavy (non-hydrogen) atoms. The van der Waals surface area contributed by atoms with Crippen LogP contribution in [0.2, 0.25) is 0 Å². The molecular weight excluding hydrogens is 470 g/mol. The van der Waals surface area contributed by atoms with E-state index in [1.165, 1.54) is 12.7 Å². The lowest BCUT2D eigenvalue weighted by atomic mass is 10.1. The van der Waals surface area contributed by atoms with E-state index in [9.17, 15) is 14.4 Å². The van der Waals surface area contributed by atoms with Crippen LogP contribution in [0.3, 0.4) is 0 Å². The lowest BCUT2D eigenvalue weighted by molar-refractivity contribution is -0.134. The molecule has 1 saturated carbocycles. The van der Waals surface area contributed by atoms with E-state index in [2.05, 4.69) is 17.0 Å². The van der Waals surface area contributed by atoms with E-state index < -0.39 is 11.7 Å². The van der Waals surface area contributed by atoms with Crippen LogP contribution < -0.4 is 0 Å². The molecule has 1 aliphatic heterocycles. The van der Waals surface area contributed by atoms with E-state index in [4.69, 9.17) is 9.47 Å². The number of hydrogen-bond acceptors (Lipinski definition) is 6. The first-order valence-electron chi connectivity index (χ1n) is 12.9. The maximum absolute atomic E-state index is 13.3. The molecule has 1 heterocycles. The van der Waals surface area contributed by atoms with Gasteiger partial charge in [0.05, 0.1) is 12.7 Å². The number of hydrogen-bond donors (Lipinski definition) is 0. The fraction of sp³-hybridized carbons (Fsp3) is 0.483. The van der Waals surface area contributed by atoms with Gasteiger partial charge in [0.1, 0.15) is 12.1 Å². The second-order valence-electron chi connectivity index (χ2n) is 10.8. The minimum Gasteiger partial charge on any atom is -0.465 e. The summed E-state index contributed by atoms with van der Waals surface area (Å²) in [5.41, 5.74) is 2.18. The molecule has 2 aliphatic rings. The highest BCUT2D eigenvalue weighted by atomic mass is 16.6. The zero-order valence-electron chi connectivity index (χ0n) is 22.2. The Balaban J connectivity index is 1.33. The van der Waals surface area contributed by atoms with Crippen molar-refractivity contribution in [3.63, 3.8) is 0 Å². The van der Waals surface area contributed by atoms with Crippen LogP contribution in [-0.4, -0.2) is 84.1 Å². The summed E-state index contributed by atoms with van der Waals surface area (Å²) in [6.45, 7) is 8.99. The Morgan fingerprint density at radius 2 is 1.59 bits per heavy atom. The molecule has 2 fully saturated rings. The normalized spacial score (nSPS) is 19.7. The van der Waals surface area contributed by atoms with Gasteiger partial charge in [-0.25, -0.2) is 9.59 Å². The number of benzene rings is 2. The van der Waals surface area contributed by atoms with Crippen LogP contribution in [0.25, 0.3) is 0 Å². The highest BCUT2D eigenvalue weighted by Gasteiger charge is 2.47. The lowest BCUT2D eigenvalue weighted by Crippen LogP contribution is -2.52. The molecule has 4 rings (SSSR count). The van der Waals surface area contributed by atoms with E-state index >= 15 is 0 Å². The summed E-state index contributed by atoms with van der Waals surface area (Å²) in [4.78, 5) is 43.7. The van der Waals surface area contributed by atoms with Crippen molar-refractivity contribution >= 4 is 18.0 Å². The maximum Gasteiger partial charge on any atom is 0.411 e. The van der Waals surface area contributed by atoms with Gasteiger partial charge in [-0.3, -0.25) is 14.6 Å². The summed E-state index contributed by atoms with van der Waals surface area (Å²) in [5, 5.41) is 0. The average molecular weight is 508 g/mol. The van der Waals surface area contributed by atoms with Gasteiger partial charge in [0.15, 0.2) is 0 Å². The molecule has 8 nitrogen and oxygen atoms in total. The third-order valence-corrected chi connectivity index (χ3v) is 6.82. The molecule has 2 aromatic rings. The first-order chi connectivity index (χ1) is 17.6. The molecule has 0 spiro atoms. The van der Waals surface area contributed by atoms with Crippen LogP contribution in [0.4, 0.5) is 4.79 Å². The highest BCUT2D eigenvalue weighted by molar-refractivity contribution is 5.89. The molecule has 0 radical (unpaired) electrons. The molecule has 2 atom stereocenters. The molecule has 2 unspecified atom stereocenters. The quantitative estimate of drug-likeness (QED) is 0.529. The zero-order chi connectivity index (χ0) is 26.6. The first kappa shape index (κ1) is 26.7. The SMILES string of the molecule is COC(=O)c1ccc(CN2CCN(C(=O)CN(C(=O)OC(C)(C)C)C3CC3c3ccccc3)CC2)cc1. The Hall–Kier alpha value is -3.39. The van der Waals surface area contributed by atoms with Crippen LogP contribution in [0.1, 0.15) is 54.6 Å². The van der Waals surface area contributed by atoms with Gasteiger partial charge < -0.3 is 14.4 Å². The van der Waals surface area contributed by atoms with Crippen molar-refractivity contribution in [2.45, 2.75) is 51.3 Å². The summed E-state index contributed by atoms with van der Waals surface area (Å²) in [6, 6.07) is 17.5. The standard InChI is InChI=1S/C29H37N3O5/c1-29(2,3)37-28(35)32(25-18-24(25)22-8-6-5-7-9-22)20-26(33)31-16-14-30(15-17-31)19-21-10-12-23(13-11-21)27(34)36-4/h5-13,24-25H,14-20H2,1-4H3. The van der Waals surface area contributed by atoms with Gasteiger partial charge >= 0.3 is 12.1 Å². The predicted octanol–water partition coefficient (Wildman–Crippen LogP) is 3.91. The third kappa shape index (κ3) is 7.10. The predicted molar refractivity (Wildman–Crippen MR) is 140 cm³/mol. The first-order valence-corrected chi connectivity index (χ1v) is 12.9. The summed E-state index contributed by atoms with van der Waals surface area (Å²) >= 11 is 0. The van der Waals surface area contributed by atoms with Crippen molar-refractivity contribution in [2.75, 3.05) is 39.8 Å². The van der Waals surface area contributed by atoms with Crippen molar-refractivity contribution in [1.82, 2.24) is 14.7 Å². The van der Waals surface area contributed by atoms with Crippen molar-refractivity contribution in [3.05, 3.63) is 71.3 Å². The summed E-state index contributed by atoms with van der Waals surface area (Å²) in [6.07, 6.45) is 0.400. The molecule has 2 amide bonds. The van der Waals surface area contributed by atoms with Crippen LogP contribution >= 0.6 is 0 Å². The number of piperazine rings is 1. The molecule has 0 N–H and O–H groups in total. The monoisotopic (exact) mass is 507 g/mol. The fourth-order valence-electron chi connectivity index (χ4n) is 4.75. The second kappa shape index (κ2) is 11.3. The van der Waals surface area contributed by atoms with Crippen LogP contribution in [-0.2, 0) is 20.8 Å². The van der Waals surface area contributed by atoms with Crippen molar-refractivity contribution in [3.8, 4) is 0 Å². The van der Waals surface area contributed by atoms with E-state index in [-0.39, 0.29) is 30.4 Å². The Bertz CT molecular complexity index is 1090. The Morgan fingerprint density at radius 3 is 2.19 bits per heavy atom. The molecule has 2 aromatic carbocycles. The smallest absolute Gasteiger partial charge is 0.411 e. The Kier molecular flexibility index (Phi) is 8.17. The number of amides is 2. The van der Waals surface area contributed by atoms with E-state index in [0.29, 0.717) is 18.7 Å². The number of ether oxygens (including phenoxy) is 2. The van der Waals surface area contributed by atoms with Crippen molar-refractivity contribution < 1.29 is 23.9 Å². The molecule has 8 heteroatoms. The highest BCUT2D eigenvalue weighted by Crippen LogP contribution is 2.45.